The molecule has 1 amide bonds. The first-order valence-corrected chi connectivity index (χ1v) is 12.0. The molecule has 1 N–H and O–H groups in total. The summed E-state index contributed by atoms with van der Waals surface area (Å²) >= 11 is 0. The van der Waals surface area contributed by atoms with Crippen molar-refractivity contribution >= 4 is 17.4 Å². The van der Waals surface area contributed by atoms with Gasteiger partial charge in [0.25, 0.3) is 5.91 Å². The van der Waals surface area contributed by atoms with Crippen LogP contribution in [0.1, 0.15) is 62.9 Å². The summed E-state index contributed by atoms with van der Waals surface area (Å²) in [4.78, 5) is 24.0. The van der Waals surface area contributed by atoms with Crippen molar-refractivity contribution in [2.24, 2.45) is 0 Å². The highest BCUT2D eigenvalue weighted by Crippen LogP contribution is 2.35. The van der Waals surface area contributed by atoms with Gasteiger partial charge in [-0.05, 0) is 68.9 Å². The van der Waals surface area contributed by atoms with Gasteiger partial charge >= 0.3 is 5.69 Å². The molecule has 1 aliphatic rings. The predicted octanol–water partition coefficient (Wildman–Crippen LogP) is 5.14. The van der Waals surface area contributed by atoms with E-state index in [-0.39, 0.29) is 17.6 Å². The molecule has 0 spiro atoms. The fourth-order valence-corrected chi connectivity index (χ4v) is 5.04. The number of rotatable bonds is 6. The van der Waals surface area contributed by atoms with Crippen LogP contribution in [0.2, 0.25) is 0 Å². The van der Waals surface area contributed by atoms with E-state index in [1.54, 1.807) is 36.9 Å². The van der Waals surface area contributed by atoms with Gasteiger partial charge in [-0.25, -0.2) is 4.68 Å². The third-order valence-corrected chi connectivity index (χ3v) is 6.92. The largest absolute Gasteiger partial charge is 0.312 e. The van der Waals surface area contributed by atoms with Crippen molar-refractivity contribution in [2.45, 2.75) is 52.6 Å². The van der Waals surface area contributed by atoms with Crippen LogP contribution in [0.5, 0.6) is 0 Å². The van der Waals surface area contributed by atoms with Gasteiger partial charge in [0.1, 0.15) is 17.2 Å². The van der Waals surface area contributed by atoms with Crippen LogP contribution in [-0.4, -0.2) is 30.4 Å². The van der Waals surface area contributed by atoms with E-state index in [1.807, 2.05) is 23.7 Å². The molecule has 9 nitrogen and oxygen atoms in total. The first kappa shape index (κ1) is 23.5. The Hall–Kier alpha value is -4.27. The van der Waals surface area contributed by atoms with Gasteiger partial charge in [0, 0.05) is 11.1 Å². The zero-order chi connectivity index (χ0) is 25.4. The third-order valence-electron chi connectivity index (χ3n) is 6.92. The number of carbonyl (C=O) groups is 1. The fourth-order valence-electron chi connectivity index (χ4n) is 5.04. The highest BCUT2D eigenvalue weighted by molar-refractivity contribution is 6.04. The topological polar surface area (TPSA) is 108 Å². The standard InChI is InChI=1S/C27H28N6O3/c1-17-15-28-32(24-10-6-8-21-7-4-5-9-23(21)24)26(17)29-27(34)22-13-11-20(12-14-22)16-31-19(3)25(33(35)36)18(2)30-31/h4-5,7,9,11-15,24H,6,8,10,16H2,1-3H3,(H,29,34). The summed E-state index contributed by atoms with van der Waals surface area (Å²) in [6.45, 7) is 5.66. The Kier molecular flexibility index (Phi) is 6.13. The number of carbonyl (C=O) groups excluding carboxylic acids is 1. The highest BCUT2D eigenvalue weighted by Gasteiger charge is 2.26. The molecule has 2 aromatic carbocycles. The molecule has 2 aromatic heterocycles. The van der Waals surface area contributed by atoms with Crippen LogP contribution in [0.4, 0.5) is 11.5 Å². The molecule has 1 aliphatic carbocycles. The summed E-state index contributed by atoms with van der Waals surface area (Å²) in [5, 5.41) is 23.3. The number of benzene rings is 2. The van der Waals surface area contributed by atoms with Gasteiger partial charge in [0.05, 0.1) is 23.7 Å². The number of amides is 1. The van der Waals surface area contributed by atoms with Gasteiger partial charge < -0.3 is 5.32 Å². The van der Waals surface area contributed by atoms with Crippen molar-refractivity contribution in [3.63, 3.8) is 0 Å². The second-order valence-corrected chi connectivity index (χ2v) is 9.31. The molecule has 0 aliphatic heterocycles. The molecular formula is C27H28N6O3. The maximum absolute atomic E-state index is 13.1. The lowest BCUT2D eigenvalue weighted by molar-refractivity contribution is -0.386. The van der Waals surface area contributed by atoms with E-state index >= 15 is 0 Å². The van der Waals surface area contributed by atoms with Crippen LogP contribution in [0.3, 0.4) is 0 Å². The number of nitrogens with zero attached hydrogens (tertiary/aromatic N) is 5. The second kappa shape index (κ2) is 9.41. The van der Waals surface area contributed by atoms with Crippen molar-refractivity contribution in [3.05, 3.63) is 104 Å². The van der Waals surface area contributed by atoms with E-state index in [0.29, 0.717) is 29.3 Å². The zero-order valence-corrected chi connectivity index (χ0v) is 20.6. The summed E-state index contributed by atoms with van der Waals surface area (Å²) < 4.78 is 3.56. The quantitative estimate of drug-likeness (QED) is 0.301. The summed E-state index contributed by atoms with van der Waals surface area (Å²) in [5.74, 6) is 0.498. The first-order valence-electron chi connectivity index (χ1n) is 12.0. The van der Waals surface area contributed by atoms with Gasteiger partial charge in [0.2, 0.25) is 0 Å². The minimum Gasteiger partial charge on any atom is -0.307 e. The second-order valence-electron chi connectivity index (χ2n) is 9.31. The van der Waals surface area contributed by atoms with Crippen LogP contribution in [0, 0.1) is 30.9 Å². The lowest BCUT2D eigenvalue weighted by Crippen LogP contribution is -2.22. The minimum atomic E-state index is -0.403. The first-order chi connectivity index (χ1) is 17.3. The smallest absolute Gasteiger partial charge is 0.307 e. The van der Waals surface area contributed by atoms with Crippen molar-refractivity contribution in [3.8, 4) is 0 Å². The van der Waals surface area contributed by atoms with Crippen LogP contribution in [-0.2, 0) is 13.0 Å². The van der Waals surface area contributed by atoms with E-state index in [4.69, 9.17) is 0 Å². The summed E-state index contributed by atoms with van der Waals surface area (Å²) in [6, 6.07) is 15.7. The Balaban J connectivity index is 1.34. The number of aryl methyl sites for hydroxylation is 3. The molecule has 2 heterocycles. The lowest BCUT2D eigenvalue weighted by atomic mass is 9.88. The van der Waals surface area contributed by atoms with Gasteiger partial charge in [0.15, 0.2) is 0 Å². The van der Waals surface area contributed by atoms with E-state index in [1.165, 1.54) is 11.1 Å². The third kappa shape index (κ3) is 4.28. The average molecular weight is 485 g/mol. The average Bonchev–Trinajstić information content (AvgIpc) is 3.36. The van der Waals surface area contributed by atoms with E-state index in [9.17, 15) is 14.9 Å². The molecule has 0 fully saturated rings. The zero-order valence-electron chi connectivity index (χ0n) is 20.6. The molecule has 184 valence electrons. The summed E-state index contributed by atoms with van der Waals surface area (Å²) in [7, 11) is 0. The van der Waals surface area contributed by atoms with Gasteiger partial charge in [-0.2, -0.15) is 10.2 Å². The van der Waals surface area contributed by atoms with E-state index < -0.39 is 4.92 Å². The van der Waals surface area contributed by atoms with Crippen LogP contribution >= 0.6 is 0 Å². The molecule has 36 heavy (non-hydrogen) atoms. The summed E-state index contributed by atoms with van der Waals surface area (Å²) in [6.07, 6.45) is 4.91. The molecule has 9 heteroatoms. The maximum Gasteiger partial charge on any atom is 0.312 e. The molecule has 0 saturated heterocycles. The molecule has 0 saturated carbocycles. The lowest BCUT2D eigenvalue weighted by Gasteiger charge is -2.27. The molecule has 1 atom stereocenters. The molecule has 4 aromatic rings. The Morgan fingerprint density at radius 3 is 2.61 bits per heavy atom. The van der Waals surface area contributed by atoms with Crippen molar-refractivity contribution in [1.82, 2.24) is 19.6 Å². The van der Waals surface area contributed by atoms with Crippen LogP contribution < -0.4 is 5.32 Å². The van der Waals surface area contributed by atoms with Crippen molar-refractivity contribution in [1.29, 1.82) is 0 Å². The Morgan fingerprint density at radius 2 is 1.89 bits per heavy atom. The highest BCUT2D eigenvalue weighted by atomic mass is 16.6. The molecule has 1 unspecified atom stereocenters. The Morgan fingerprint density at radius 1 is 1.14 bits per heavy atom. The normalized spacial score (nSPS) is 14.9. The van der Waals surface area contributed by atoms with Gasteiger partial charge in [-0.3, -0.25) is 19.6 Å². The van der Waals surface area contributed by atoms with Gasteiger partial charge in [-0.1, -0.05) is 36.4 Å². The van der Waals surface area contributed by atoms with Gasteiger partial charge in [-0.15, -0.1) is 0 Å². The number of aromatic nitrogens is 4. The maximum atomic E-state index is 13.1. The molecule has 0 bridgehead atoms. The number of fused-ring (bicyclic) bond motifs is 1. The number of hydrogen-bond acceptors (Lipinski definition) is 5. The Bertz CT molecular complexity index is 1450. The SMILES string of the molecule is Cc1cnn(C2CCCc3ccccc32)c1NC(=O)c1ccc(Cn2nc(C)c([N+](=O)[O-])c2C)cc1. The van der Waals surface area contributed by atoms with E-state index in [0.717, 1.165) is 30.4 Å². The van der Waals surface area contributed by atoms with Crippen molar-refractivity contribution in [2.75, 3.05) is 5.32 Å². The minimum absolute atomic E-state index is 0.0403. The van der Waals surface area contributed by atoms with Crippen molar-refractivity contribution < 1.29 is 9.72 Å². The fraction of sp³-hybridized carbons (Fsp3) is 0.296. The van der Waals surface area contributed by atoms with Crippen LogP contribution in [0.15, 0.2) is 54.7 Å². The monoisotopic (exact) mass is 484 g/mol. The summed E-state index contributed by atoms with van der Waals surface area (Å²) in [5.41, 5.74) is 5.86. The number of nitro groups is 1. The van der Waals surface area contributed by atoms with E-state index in [2.05, 4.69) is 39.8 Å². The number of hydrogen-bond donors (Lipinski definition) is 1. The molecule has 0 radical (unpaired) electrons. The Labute approximate surface area is 208 Å². The molecule has 5 rings (SSSR count). The predicted molar refractivity (Wildman–Crippen MR) is 136 cm³/mol. The number of anilines is 1. The molecular weight excluding hydrogens is 456 g/mol. The van der Waals surface area contributed by atoms with Crippen LogP contribution in [0.25, 0.3) is 0 Å². The number of nitrogens with one attached hydrogen (secondary N) is 1.